The Balaban J connectivity index is 2.17. The van der Waals surface area contributed by atoms with Crippen molar-refractivity contribution < 1.29 is 23.9 Å². The van der Waals surface area contributed by atoms with Crippen LogP contribution in [0.5, 0.6) is 11.8 Å². The van der Waals surface area contributed by atoms with Gasteiger partial charge in [0.25, 0.3) is 0 Å². The molecule has 2 aromatic heterocycles. The third-order valence-electron chi connectivity index (χ3n) is 3.97. The van der Waals surface area contributed by atoms with Crippen LogP contribution >= 0.6 is 0 Å². The van der Waals surface area contributed by atoms with E-state index in [1.807, 2.05) is 12.2 Å². The molecule has 2 bridgehead atoms. The van der Waals surface area contributed by atoms with E-state index in [1.165, 1.54) is 6.20 Å². The SMILES string of the molecule is CCOC(=O)N1Cc2ncccc2OC/C=C\CCOc2nc(N)c([N+](=O)[O-])c1n2. The summed E-state index contributed by atoms with van der Waals surface area (Å²) in [5, 5.41) is 11.7. The lowest BCUT2D eigenvalue weighted by Gasteiger charge is -2.22. The van der Waals surface area contributed by atoms with E-state index < -0.39 is 22.5 Å². The van der Waals surface area contributed by atoms with Crippen LogP contribution in [0.1, 0.15) is 19.0 Å². The monoisotopic (exact) mass is 416 g/mol. The molecule has 0 radical (unpaired) electrons. The fourth-order valence-electron chi connectivity index (χ4n) is 2.66. The molecule has 2 aromatic rings. The number of hydrogen-bond donors (Lipinski definition) is 1. The van der Waals surface area contributed by atoms with Crippen molar-refractivity contribution in [3.05, 3.63) is 46.3 Å². The summed E-state index contributed by atoms with van der Waals surface area (Å²) in [5.41, 5.74) is 5.51. The van der Waals surface area contributed by atoms with Crippen molar-refractivity contribution in [2.45, 2.75) is 19.9 Å². The molecule has 12 heteroatoms. The van der Waals surface area contributed by atoms with Crippen molar-refractivity contribution in [3.8, 4) is 11.8 Å². The fraction of sp³-hybridized carbons (Fsp3) is 0.333. The Morgan fingerprint density at radius 2 is 2.20 bits per heavy atom. The number of rotatable bonds is 2. The zero-order valence-corrected chi connectivity index (χ0v) is 16.2. The van der Waals surface area contributed by atoms with Gasteiger partial charge in [-0.05, 0) is 25.5 Å². The summed E-state index contributed by atoms with van der Waals surface area (Å²) >= 11 is 0. The van der Waals surface area contributed by atoms with Crippen LogP contribution in [0.4, 0.5) is 22.1 Å². The Morgan fingerprint density at radius 3 is 2.97 bits per heavy atom. The maximum atomic E-state index is 12.7. The van der Waals surface area contributed by atoms with E-state index in [4.69, 9.17) is 19.9 Å². The predicted octanol–water partition coefficient (Wildman–Crippen LogP) is 2.24. The van der Waals surface area contributed by atoms with Gasteiger partial charge in [-0.1, -0.05) is 12.2 Å². The van der Waals surface area contributed by atoms with Gasteiger partial charge in [0.05, 0.1) is 24.7 Å². The average molecular weight is 416 g/mol. The molecule has 0 saturated carbocycles. The third kappa shape index (κ3) is 4.71. The molecule has 2 N–H and O–H groups in total. The maximum Gasteiger partial charge on any atom is 0.416 e. The highest BCUT2D eigenvalue weighted by molar-refractivity contribution is 5.90. The lowest BCUT2D eigenvalue weighted by Crippen LogP contribution is -2.33. The van der Waals surface area contributed by atoms with Crippen LogP contribution in [0.15, 0.2) is 30.5 Å². The second kappa shape index (κ2) is 9.49. The number of anilines is 2. The second-order valence-corrected chi connectivity index (χ2v) is 5.97. The van der Waals surface area contributed by atoms with Gasteiger partial charge in [-0.3, -0.25) is 15.1 Å². The number of pyridine rings is 1. The molecule has 1 aliphatic rings. The number of ether oxygens (including phenoxy) is 3. The summed E-state index contributed by atoms with van der Waals surface area (Å²) in [6, 6.07) is 3.17. The molecular formula is C18H20N6O6. The first-order chi connectivity index (χ1) is 14.5. The number of aromatic nitrogens is 3. The standard InChI is InChI=1S/C18H20N6O6/c1-2-28-18(25)23-11-12-13(7-6-8-20-12)29-9-4-3-5-10-30-17-21-15(19)14(24(26)27)16(23)22-17/h3-4,6-8H,2,5,9-11H2,1H3,(H2,19,21,22)/b4-3-. The predicted molar refractivity (Wildman–Crippen MR) is 105 cm³/mol. The van der Waals surface area contributed by atoms with Crippen molar-refractivity contribution in [2.75, 3.05) is 30.5 Å². The minimum Gasteiger partial charge on any atom is -0.488 e. The van der Waals surface area contributed by atoms with E-state index in [2.05, 4.69) is 15.0 Å². The molecule has 1 aliphatic heterocycles. The molecule has 158 valence electrons. The Bertz CT molecular complexity index is 966. The van der Waals surface area contributed by atoms with E-state index in [-0.39, 0.29) is 38.2 Å². The highest BCUT2D eigenvalue weighted by Gasteiger charge is 2.33. The fourth-order valence-corrected chi connectivity index (χ4v) is 2.66. The van der Waals surface area contributed by atoms with Crippen LogP contribution in [-0.2, 0) is 11.3 Å². The van der Waals surface area contributed by atoms with Crippen molar-refractivity contribution in [1.29, 1.82) is 0 Å². The number of carbonyl (C=O) groups excluding carboxylic acids is 1. The van der Waals surface area contributed by atoms with E-state index in [0.717, 1.165) is 4.90 Å². The van der Waals surface area contributed by atoms with Gasteiger partial charge in [-0.15, -0.1) is 0 Å². The molecule has 0 aromatic carbocycles. The van der Waals surface area contributed by atoms with Crippen molar-refractivity contribution in [3.63, 3.8) is 0 Å². The lowest BCUT2D eigenvalue weighted by molar-refractivity contribution is -0.383. The van der Waals surface area contributed by atoms with Gasteiger partial charge in [0, 0.05) is 6.20 Å². The van der Waals surface area contributed by atoms with Gasteiger partial charge >= 0.3 is 17.8 Å². The first-order valence-electron chi connectivity index (χ1n) is 9.12. The lowest BCUT2D eigenvalue weighted by atomic mass is 10.3. The summed E-state index contributed by atoms with van der Waals surface area (Å²) < 4.78 is 16.2. The topological polar surface area (TPSA) is 156 Å². The largest absolute Gasteiger partial charge is 0.488 e. The Morgan fingerprint density at radius 1 is 1.37 bits per heavy atom. The molecular weight excluding hydrogens is 396 g/mol. The molecule has 3 heterocycles. The number of nitrogens with zero attached hydrogens (tertiary/aromatic N) is 5. The molecule has 0 aliphatic carbocycles. The van der Waals surface area contributed by atoms with Crippen LogP contribution in [0, 0.1) is 10.1 Å². The molecule has 3 rings (SSSR count). The Kier molecular flexibility index (Phi) is 6.57. The van der Waals surface area contributed by atoms with Crippen LogP contribution in [0.3, 0.4) is 0 Å². The van der Waals surface area contributed by atoms with Crippen molar-refractivity contribution in [2.24, 2.45) is 0 Å². The van der Waals surface area contributed by atoms with Gasteiger partial charge in [0.1, 0.15) is 18.1 Å². The molecule has 0 fully saturated rings. The van der Waals surface area contributed by atoms with Gasteiger partial charge in [-0.25, -0.2) is 9.69 Å². The Hall–Kier alpha value is -3.96. The molecule has 12 nitrogen and oxygen atoms in total. The van der Waals surface area contributed by atoms with E-state index >= 15 is 0 Å². The van der Waals surface area contributed by atoms with E-state index in [1.54, 1.807) is 19.1 Å². The average Bonchev–Trinajstić information content (AvgIpc) is 2.71. The molecule has 0 saturated heterocycles. The number of nitrogens with two attached hydrogens (primary N) is 1. The summed E-state index contributed by atoms with van der Waals surface area (Å²) in [5.74, 6) is -0.380. The maximum absolute atomic E-state index is 12.7. The van der Waals surface area contributed by atoms with Crippen LogP contribution in [0.25, 0.3) is 0 Å². The summed E-state index contributed by atoms with van der Waals surface area (Å²) in [4.78, 5) is 36.7. The quantitative estimate of drug-likeness (QED) is 0.437. The van der Waals surface area contributed by atoms with Crippen LogP contribution < -0.4 is 20.1 Å². The number of fused-ring (bicyclic) bond motifs is 3. The third-order valence-corrected chi connectivity index (χ3v) is 3.97. The number of hydrogen-bond acceptors (Lipinski definition) is 10. The molecule has 30 heavy (non-hydrogen) atoms. The van der Waals surface area contributed by atoms with Gasteiger partial charge in [0.2, 0.25) is 11.6 Å². The normalized spacial score (nSPS) is 15.0. The van der Waals surface area contributed by atoms with E-state index in [9.17, 15) is 14.9 Å². The van der Waals surface area contributed by atoms with Gasteiger partial charge < -0.3 is 19.9 Å². The van der Waals surface area contributed by atoms with Crippen molar-refractivity contribution >= 4 is 23.4 Å². The van der Waals surface area contributed by atoms with Crippen molar-refractivity contribution in [1.82, 2.24) is 15.0 Å². The highest BCUT2D eigenvalue weighted by atomic mass is 16.6. The summed E-state index contributed by atoms with van der Waals surface area (Å²) in [6.45, 7) is 1.91. The van der Waals surface area contributed by atoms with Crippen LogP contribution in [-0.4, -0.2) is 45.8 Å². The Labute approximate surface area is 171 Å². The molecule has 0 unspecified atom stereocenters. The van der Waals surface area contributed by atoms with Crippen LogP contribution in [0.2, 0.25) is 0 Å². The zero-order valence-electron chi connectivity index (χ0n) is 16.2. The number of carbonyl (C=O) groups is 1. The number of nitrogen functional groups attached to an aromatic ring is 1. The highest BCUT2D eigenvalue weighted by Crippen LogP contribution is 2.34. The molecule has 0 spiro atoms. The second-order valence-electron chi connectivity index (χ2n) is 5.97. The number of nitro groups is 1. The summed E-state index contributed by atoms with van der Waals surface area (Å²) in [6.07, 6.45) is 4.82. The van der Waals surface area contributed by atoms with Gasteiger partial charge in [-0.2, -0.15) is 9.97 Å². The van der Waals surface area contributed by atoms with Gasteiger partial charge in [0.15, 0.2) is 0 Å². The van der Waals surface area contributed by atoms with E-state index in [0.29, 0.717) is 17.9 Å². The minimum absolute atomic E-state index is 0.0451. The zero-order chi connectivity index (χ0) is 21.5. The first-order valence-corrected chi connectivity index (χ1v) is 9.12. The molecule has 0 atom stereocenters. The minimum atomic E-state index is -0.867. The molecule has 1 amide bonds. The number of amides is 1. The summed E-state index contributed by atoms with van der Waals surface area (Å²) in [7, 11) is 0. The smallest absolute Gasteiger partial charge is 0.416 e. The first kappa shape index (κ1) is 20.8.